The number of ether oxygens (including phenoxy) is 4. The second-order valence-electron chi connectivity index (χ2n) is 22.3. The summed E-state index contributed by atoms with van der Waals surface area (Å²) >= 11 is 0. The van der Waals surface area contributed by atoms with Crippen LogP contribution < -0.4 is 0 Å². The average Bonchev–Trinajstić information content (AvgIpc) is 3.43. The van der Waals surface area contributed by atoms with Gasteiger partial charge in [-0.2, -0.15) is 0 Å². The van der Waals surface area contributed by atoms with Crippen LogP contribution in [0.3, 0.4) is 0 Å². The molecule has 0 aromatic heterocycles. The highest BCUT2D eigenvalue weighted by Crippen LogP contribution is 2.45. The van der Waals surface area contributed by atoms with E-state index in [9.17, 15) is 43.2 Å². The molecule has 0 saturated carbocycles. The Hall–Kier alpha value is -1.94. The zero-order valence-corrected chi connectivity index (χ0v) is 53.0. The second-order valence-corrected chi connectivity index (χ2v) is 25.2. The minimum atomic E-state index is -4.94. The Morgan fingerprint density at radius 2 is 0.600 bits per heavy atom. The van der Waals surface area contributed by atoms with Crippen LogP contribution in [-0.4, -0.2) is 96.7 Å². The van der Waals surface area contributed by atoms with Crippen LogP contribution in [0.15, 0.2) is 0 Å². The van der Waals surface area contributed by atoms with Gasteiger partial charge in [0.2, 0.25) is 0 Å². The molecule has 0 bridgehead atoms. The Balaban J connectivity index is 5.19. The fourth-order valence-electron chi connectivity index (χ4n) is 9.02. The summed E-state index contributed by atoms with van der Waals surface area (Å²) in [6.07, 6.45) is 37.7. The standard InChI is InChI=1S/C61H118O17P2/c1-6-10-13-16-19-20-21-22-23-24-25-32-37-42-47-61(66)78-57(51-72-59(64)45-40-35-31-27-26-30-33-38-43-54(5)9-4)53-76-80(69,70)74-49-55(62)48-73-79(67,68)75-52-56(77-60(65)46-41-36-29-18-15-12-8-3)50-71-58(63)44-39-34-28-17-14-11-7-2/h54-57,62H,6-53H2,1-5H3,(H,67,68)(H,69,70)/t54?,55-,56+,57+/m0/s1. The van der Waals surface area contributed by atoms with Crippen LogP contribution in [-0.2, 0) is 65.4 Å². The van der Waals surface area contributed by atoms with Crippen molar-refractivity contribution in [1.82, 2.24) is 0 Å². The Morgan fingerprint density at radius 3 is 0.887 bits per heavy atom. The highest BCUT2D eigenvalue weighted by Gasteiger charge is 2.30. The first kappa shape index (κ1) is 78.1. The number of carbonyl (C=O) groups is 4. The molecule has 0 rings (SSSR count). The van der Waals surface area contributed by atoms with Crippen LogP contribution in [0.1, 0.15) is 304 Å². The molecular weight excluding hydrogens is 1070 g/mol. The number of unbranched alkanes of at least 4 members (excludes halogenated alkanes) is 32. The number of aliphatic hydroxyl groups is 1. The highest BCUT2D eigenvalue weighted by molar-refractivity contribution is 7.47. The predicted octanol–water partition coefficient (Wildman–Crippen LogP) is 16.6. The van der Waals surface area contributed by atoms with Crippen LogP contribution in [0.4, 0.5) is 0 Å². The number of rotatable bonds is 61. The minimum Gasteiger partial charge on any atom is -0.462 e. The van der Waals surface area contributed by atoms with Gasteiger partial charge in [0.15, 0.2) is 12.2 Å². The molecule has 0 aliphatic heterocycles. The summed E-state index contributed by atoms with van der Waals surface area (Å²) in [7, 11) is -9.87. The van der Waals surface area contributed by atoms with Gasteiger partial charge < -0.3 is 33.8 Å². The lowest BCUT2D eigenvalue weighted by Gasteiger charge is -2.21. The maximum atomic E-state index is 12.9. The molecule has 3 N–H and O–H groups in total. The Morgan fingerprint density at radius 1 is 0.350 bits per heavy atom. The smallest absolute Gasteiger partial charge is 0.462 e. The molecule has 0 heterocycles. The minimum absolute atomic E-state index is 0.103. The molecule has 0 aliphatic rings. The van der Waals surface area contributed by atoms with Gasteiger partial charge in [-0.3, -0.25) is 37.3 Å². The molecule has 3 unspecified atom stereocenters. The lowest BCUT2D eigenvalue weighted by molar-refractivity contribution is -0.161. The van der Waals surface area contributed by atoms with Crippen molar-refractivity contribution in [1.29, 1.82) is 0 Å². The second kappa shape index (κ2) is 55.0. The van der Waals surface area contributed by atoms with Gasteiger partial charge in [-0.15, -0.1) is 0 Å². The van der Waals surface area contributed by atoms with Gasteiger partial charge in [0.05, 0.1) is 26.4 Å². The molecule has 0 spiro atoms. The lowest BCUT2D eigenvalue weighted by Crippen LogP contribution is -2.30. The van der Waals surface area contributed by atoms with Gasteiger partial charge in [0, 0.05) is 25.7 Å². The molecule has 0 fully saturated rings. The van der Waals surface area contributed by atoms with E-state index in [4.69, 9.17) is 37.0 Å². The van der Waals surface area contributed by atoms with Crippen LogP contribution >= 0.6 is 15.6 Å². The van der Waals surface area contributed by atoms with Gasteiger partial charge in [0.1, 0.15) is 19.3 Å². The van der Waals surface area contributed by atoms with Crippen molar-refractivity contribution < 1.29 is 80.2 Å². The van der Waals surface area contributed by atoms with Crippen molar-refractivity contribution >= 4 is 39.5 Å². The third-order valence-electron chi connectivity index (χ3n) is 14.4. The highest BCUT2D eigenvalue weighted by atomic mass is 31.2. The molecule has 474 valence electrons. The molecule has 0 aliphatic carbocycles. The van der Waals surface area contributed by atoms with Crippen LogP contribution in [0.2, 0.25) is 0 Å². The first-order chi connectivity index (χ1) is 38.6. The fraction of sp³-hybridized carbons (Fsp3) is 0.934. The zero-order valence-electron chi connectivity index (χ0n) is 51.2. The van der Waals surface area contributed by atoms with Crippen molar-refractivity contribution in [2.24, 2.45) is 5.92 Å². The van der Waals surface area contributed by atoms with E-state index in [0.717, 1.165) is 121 Å². The third-order valence-corrected chi connectivity index (χ3v) is 16.3. The molecule has 0 aromatic carbocycles. The van der Waals surface area contributed by atoms with Gasteiger partial charge >= 0.3 is 39.5 Å². The lowest BCUT2D eigenvalue weighted by atomic mass is 9.99. The van der Waals surface area contributed by atoms with Gasteiger partial charge in [-0.1, -0.05) is 253 Å². The largest absolute Gasteiger partial charge is 0.472 e. The van der Waals surface area contributed by atoms with E-state index in [2.05, 4.69) is 34.6 Å². The molecule has 19 heteroatoms. The molecule has 0 aromatic rings. The van der Waals surface area contributed by atoms with E-state index < -0.39 is 97.5 Å². The number of esters is 4. The summed E-state index contributed by atoms with van der Waals surface area (Å²) in [5.74, 6) is -1.37. The zero-order chi connectivity index (χ0) is 59.2. The van der Waals surface area contributed by atoms with Crippen molar-refractivity contribution in [2.45, 2.75) is 323 Å². The molecular formula is C61H118O17P2. The molecule has 17 nitrogen and oxygen atoms in total. The summed E-state index contributed by atoms with van der Waals surface area (Å²) in [6, 6.07) is 0. The summed E-state index contributed by atoms with van der Waals surface area (Å²) in [5.41, 5.74) is 0. The van der Waals surface area contributed by atoms with Gasteiger partial charge in [-0.25, -0.2) is 9.13 Å². The van der Waals surface area contributed by atoms with Crippen molar-refractivity contribution in [3.8, 4) is 0 Å². The van der Waals surface area contributed by atoms with Gasteiger partial charge in [-0.05, 0) is 31.6 Å². The van der Waals surface area contributed by atoms with E-state index in [1.54, 1.807) is 0 Å². The van der Waals surface area contributed by atoms with E-state index >= 15 is 0 Å². The first-order valence-corrected chi connectivity index (χ1v) is 35.2. The Kier molecular flexibility index (Phi) is 53.6. The van der Waals surface area contributed by atoms with E-state index in [1.807, 2.05) is 0 Å². The van der Waals surface area contributed by atoms with Crippen molar-refractivity contribution in [3.63, 3.8) is 0 Å². The molecule has 0 saturated heterocycles. The quantitative estimate of drug-likeness (QED) is 0.0222. The van der Waals surface area contributed by atoms with Crippen molar-refractivity contribution in [2.75, 3.05) is 39.6 Å². The molecule has 0 radical (unpaired) electrons. The first-order valence-electron chi connectivity index (χ1n) is 32.2. The summed E-state index contributed by atoms with van der Waals surface area (Å²) in [6.45, 7) is 7.09. The summed E-state index contributed by atoms with van der Waals surface area (Å²) in [4.78, 5) is 71.8. The van der Waals surface area contributed by atoms with Gasteiger partial charge in [0.25, 0.3) is 0 Å². The van der Waals surface area contributed by atoms with Crippen LogP contribution in [0.25, 0.3) is 0 Å². The Bertz CT molecular complexity index is 1570. The number of phosphoric acid groups is 2. The van der Waals surface area contributed by atoms with E-state index in [-0.39, 0.29) is 25.7 Å². The number of aliphatic hydroxyl groups excluding tert-OH is 1. The van der Waals surface area contributed by atoms with Crippen molar-refractivity contribution in [3.05, 3.63) is 0 Å². The van der Waals surface area contributed by atoms with E-state index in [1.165, 1.54) is 103 Å². The molecule has 6 atom stereocenters. The molecule has 80 heavy (non-hydrogen) atoms. The summed E-state index contributed by atoms with van der Waals surface area (Å²) < 4.78 is 67.7. The number of hydrogen-bond donors (Lipinski definition) is 3. The van der Waals surface area contributed by atoms with Crippen LogP contribution in [0.5, 0.6) is 0 Å². The normalized spacial score (nSPS) is 14.7. The predicted molar refractivity (Wildman–Crippen MR) is 317 cm³/mol. The average molecular weight is 1190 g/mol. The number of phosphoric ester groups is 2. The third kappa shape index (κ3) is 54.0. The van der Waals surface area contributed by atoms with E-state index in [0.29, 0.717) is 25.7 Å². The molecule has 0 amide bonds. The Labute approximate surface area is 486 Å². The fourth-order valence-corrected chi connectivity index (χ4v) is 10.6. The maximum Gasteiger partial charge on any atom is 0.472 e. The summed E-state index contributed by atoms with van der Waals surface area (Å²) in [5, 5.41) is 10.5. The SMILES string of the molecule is CCCCCCCCCCCCCCCCC(=O)O[C@H](COC(=O)CCCCCCCCCCC(C)CC)COP(=O)(O)OC[C@@H](O)COP(=O)(O)OC[C@@H](COC(=O)CCCCCCCCC)OC(=O)CCCCCCCCC. The van der Waals surface area contributed by atoms with Crippen LogP contribution in [0, 0.1) is 5.92 Å². The maximum absolute atomic E-state index is 12.9. The number of hydrogen-bond acceptors (Lipinski definition) is 15. The topological polar surface area (TPSA) is 237 Å². The number of carbonyl (C=O) groups excluding carboxylic acids is 4. The monoisotopic (exact) mass is 1180 g/mol.